The standard InChI is InChI=1S/C2H4.H2O3S/c1-2;1-4(2)3/h1-2H2;4H,(H,1,2,3). The summed E-state index contributed by atoms with van der Waals surface area (Å²) in [4.78, 5) is 0. The van der Waals surface area contributed by atoms with E-state index in [1.807, 2.05) is 0 Å². The second-order valence-electron chi connectivity index (χ2n) is 0.238. The fourth-order valence-corrected chi connectivity index (χ4v) is 0. The SMILES string of the molecule is C=C.O=[SH](=O)O. The summed E-state index contributed by atoms with van der Waals surface area (Å²) in [6, 6.07) is 0. The molecular weight excluding hydrogens is 104 g/mol. The van der Waals surface area contributed by atoms with Crippen LogP contribution >= 0.6 is 0 Å². The minimum atomic E-state index is -3.12. The Labute approximate surface area is 38.1 Å². The molecule has 0 rings (SSSR count). The second-order valence-corrected chi connectivity index (χ2v) is 0.714. The van der Waals surface area contributed by atoms with Gasteiger partial charge in [0.2, 0.25) is 0 Å². The molecule has 0 spiro atoms. The molecule has 0 heterocycles. The van der Waals surface area contributed by atoms with Crippen LogP contribution in [-0.4, -0.2) is 13.0 Å². The van der Waals surface area contributed by atoms with Crippen molar-refractivity contribution in [2.45, 2.75) is 0 Å². The molecule has 0 aromatic carbocycles. The fraction of sp³-hybridized carbons (Fsp3) is 0. The highest BCUT2D eigenvalue weighted by Gasteiger charge is 1.44. The Morgan fingerprint density at radius 1 is 1.33 bits per heavy atom. The molecule has 38 valence electrons. The van der Waals surface area contributed by atoms with Crippen molar-refractivity contribution < 1.29 is 13.0 Å². The van der Waals surface area contributed by atoms with Gasteiger partial charge in [-0.15, -0.1) is 13.2 Å². The van der Waals surface area contributed by atoms with Gasteiger partial charge in [-0.2, -0.15) is 0 Å². The third-order valence-electron chi connectivity index (χ3n) is 0. The van der Waals surface area contributed by atoms with Crippen LogP contribution in [0.15, 0.2) is 13.2 Å². The lowest BCUT2D eigenvalue weighted by molar-refractivity contribution is 0.509. The molecule has 0 bridgehead atoms. The first kappa shape index (κ1) is 9.17. The van der Waals surface area contributed by atoms with Crippen molar-refractivity contribution in [3.8, 4) is 0 Å². The Kier molecular flexibility index (Phi) is 13.5. The Balaban J connectivity index is 0. The van der Waals surface area contributed by atoms with E-state index in [0.717, 1.165) is 0 Å². The van der Waals surface area contributed by atoms with Crippen LogP contribution in [0.3, 0.4) is 0 Å². The maximum absolute atomic E-state index is 8.59. The summed E-state index contributed by atoms with van der Waals surface area (Å²) in [5.41, 5.74) is 0. The van der Waals surface area contributed by atoms with E-state index in [-0.39, 0.29) is 0 Å². The molecule has 0 aliphatic rings. The average molecular weight is 110 g/mol. The van der Waals surface area contributed by atoms with Gasteiger partial charge in [0.05, 0.1) is 0 Å². The van der Waals surface area contributed by atoms with E-state index >= 15 is 0 Å². The van der Waals surface area contributed by atoms with Crippen LogP contribution in [-0.2, 0) is 11.0 Å². The highest BCUT2D eigenvalue weighted by molar-refractivity contribution is 7.66. The molecule has 0 amide bonds. The molecule has 6 heavy (non-hydrogen) atoms. The lowest BCUT2D eigenvalue weighted by atomic mass is 11.3. The van der Waals surface area contributed by atoms with Crippen molar-refractivity contribution in [1.29, 1.82) is 0 Å². The lowest BCUT2D eigenvalue weighted by Gasteiger charge is -1.43. The molecule has 0 radical (unpaired) electrons. The normalized spacial score (nSPS) is 6.33. The molecule has 1 N–H and O–H groups in total. The zero-order valence-corrected chi connectivity index (χ0v) is 4.02. The fourth-order valence-electron chi connectivity index (χ4n) is 0. The van der Waals surface area contributed by atoms with E-state index in [2.05, 4.69) is 13.2 Å². The average Bonchev–Trinajstić information content (AvgIpc) is 1.41. The van der Waals surface area contributed by atoms with E-state index in [4.69, 9.17) is 13.0 Å². The van der Waals surface area contributed by atoms with Crippen molar-refractivity contribution >= 4 is 11.0 Å². The smallest absolute Gasteiger partial charge is 0.254 e. The minimum Gasteiger partial charge on any atom is -0.288 e. The van der Waals surface area contributed by atoms with Crippen molar-refractivity contribution in [2.75, 3.05) is 0 Å². The van der Waals surface area contributed by atoms with E-state index in [1.165, 1.54) is 0 Å². The van der Waals surface area contributed by atoms with Gasteiger partial charge in [0.1, 0.15) is 0 Å². The molecule has 3 nitrogen and oxygen atoms in total. The summed E-state index contributed by atoms with van der Waals surface area (Å²) in [5, 5.41) is 0. The first-order valence-corrected chi connectivity index (χ1v) is 2.20. The molecule has 0 saturated carbocycles. The van der Waals surface area contributed by atoms with Crippen LogP contribution < -0.4 is 0 Å². The van der Waals surface area contributed by atoms with E-state index in [9.17, 15) is 0 Å². The van der Waals surface area contributed by atoms with Gasteiger partial charge in [-0.05, 0) is 0 Å². The summed E-state index contributed by atoms with van der Waals surface area (Å²) in [5.74, 6) is 0. The maximum Gasteiger partial charge on any atom is 0.254 e. The molecule has 0 saturated heterocycles. The van der Waals surface area contributed by atoms with Gasteiger partial charge < -0.3 is 0 Å². The van der Waals surface area contributed by atoms with Gasteiger partial charge in [-0.3, -0.25) is 4.55 Å². The largest absolute Gasteiger partial charge is 0.288 e. The predicted octanol–water partition coefficient (Wildman–Crippen LogP) is -0.127. The van der Waals surface area contributed by atoms with Crippen molar-refractivity contribution in [3.63, 3.8) is 0 Å². The molecule has 0 fully saturated rings. The first-order chi connectivity index (χ1) is 2.73. The summed E-state index contributed by atoms with van der Waals surface area (Å²) in [7, 11) is -3.12. The molecule has 0 aliphatic carbocycles. The van der Waals surface area contributed by atoms with Crippen LogP contribution in [0, 0.1) is 0 Å². The van der Waals surface area contributed by atoms with Gasteiger partial charge in [-0.25, -0.2) is 8.42 Å². The first-order valence-electron chi connectivity index (χ1n) is 1.07. The van der Waals surface area contributed by atoms with Crippen LogP contribution in [0.25, 0.3) is 0 Å². The van der Waals surface area contributed by atoms with Gasteiger partial charge in [-0.1, -0.05) is 0 Å². The Hall–Kier alpha value is -0.350. The highest BCUT2D eigenvalue weighted by atomic mass is 32.2. The number of thiol groups is 1. The zero-order valence-electron chi connectivity index (χ0n) is 3.13. The van der Waals surface area contributed by atoms with Crippen LogP contribution in [0.5, 0.6) is 0 Å². The minimum absolute atomic E-state index is 3.00. The Morgan fingerprint density at radius 2 is 1.33 bits per heavy atom. The highest BCUT2D eigenvalue weighted by Crippen LogP contribution is 1.27. The molecule has 4 heteroatoms. The lowest BCUT2D eigenvalue weighted by Crippen LogP contribution is -1.58. The van der Waals surface area contributed by atoms with Crippen molar-refractivity contribution in [3.05, 3.63) is 13.2 Å². The summed E-state index contributed by atoms with van der Waals surface area (Å²) in [6.45, 7) is 6.00. The molecule has 0 atom stereocenters. The third kappa shape index (κ3) is 209. The summed E-state index contributed by atoms with van der Waals surface area (Å²) < 4.78 is 24.2. The number of hydrogen-bond donors (Lipinski definition) is 2. The van der Waals surface area contributed by atoms with Crippen LogP contribution in [0.2, 0.25) is 0 Å². The molecule has 0 aliphatic heterocycles. The topological polar surface area (TPSA) is 54.4 Å². The van der Waals surface area contributed by atoms with E-state index in [1.54, 1.807) is 0 Å². The van der Waals surface area contributed by atoms with E-state index < -0.39 is 11.0 Å². The number of hydrogen-bond acceptors (Lipinski definition) is 2. The third-order valence-corrected chi connectivity index (χ3v) is 0. The van der Waals surface area contributed by atoms with E-state index in [0.29, 0.717) is 0 Å². The molecule has 0 unspecified atom stereocenters. The summed E-state index contributed by atoms with van der Waals surface area (Å²) in [6.07, 6.45) is 0. The second kappa shape index (κ2) is 8.82. The van der Waals surface area contributed by atoms with Crippen LogP contribution in [0.4, 0.5) is 0 Å². The zero-order chi connectivity index (χ0) is 5.58. The Morgan fingerprint density at radius 3 is 1.33 bits per heavy atom. The summed E-state index contributed by atoms with van der Waals surface area (Å²) >= 11 is 0. The van der Waals surface area contributed by atoms with Gasteiger partial charge >= 0.3 is 0 Å². The van der Waals surface area contributed by atoms with Crippen LogP contribution in [0.1, 0.15) is 0 Å². The molecular formula is C2H6O3S. The monoisotopic (exact) mass is 110 g/mol. The van der Waals surface area contributed by atoms with Gasteiger partial charge in [0, 0.05) is 0 Å². The van der Waals surface area contributed by atoms with Crippen molar-refractivity contribution in [2.24, 2.45) is 0 Å². The van der Waals surface area contributed by atoms with Gasteiger partial charge in [0.15, 0.2) is 0 Å². The molecule has 0 aromatic heterocycles. The predicted molar refractivity (Wildman–Crippen MR) is 24.2 cm³/mol. The van der Waals surface area contributed by atoms with Gasteiger partial charge in [0.25, 0.3) is 11.0 Å². The maximum atomic E-state index is 8.59. The number of rotatable bonds is 0. The molecule has 0 aromatic rings. The Bertz CT molecular complexity index is 66.9. The van der Waals surface area contributed by atoms with Crippen molar-refractivity contribution in [1.82, 2.24) is 0 Å². The quantitative estimate of drug-likeness (QED) is 0.259.